The van der Waals surface area contributed by atoms with Crippen LogP contribution in [0.1, 0.15) is 99.9 Å². The fourth-order valence-corrected chi connectivity index (χ4v) is 21.9. The SMILES string of the molecule is CC1(C)c2ccc[c-]c2-p2c3ncccc3c3cccc1c32.CC1(C)c2ccc[c-]c2P2c3ncccc3C(C)(C)c3cccc1c32.CC1(C)c2cccnc2-p2c3[c-]cccc3c3cccc1c32.[Ir].[Ir].[Ir]. The molecule has 0 amide bonds. The second-order valence-corrected chi connectivity index (χ2v) is 27.0. The molecule has 3 atom stereocenters. The molecule has 363 valence electrons. The van der Waals surface area contributed by atoms with Gasteiger partial charge >= 0.3 is 0 Å². The molecule has 15 rings (SSSR count). The second-order valence-electron chi connectivity index (χ2n) is 21.0. The van der Waals surface area contributed by atoms with Crippen LogP contribution in [0.5, 0.6) is 0 Å². The van der Waals surface area contributed by atoms with Crippen LogP contribution in [0.4, 0.5) is 0 Å². The summed E-state index contributed by atoms with van der Waals surface area (Å²) >= 11 is 0. The van der Waals surface area contributed by atoms with Gasteiger partial charge in [0.15, 0.2) is 0 Å². The standard InChI is InChI=1S/C23H21NP.2C20H15NP.3Ir/c1-22(2)15-9-5-6-13-19(15)25-20-16(22)10-7-11-17(20)23(3,4)18-12-8-14-24-21(18)25;1-20(2)15-9-3-4-11-17(15)22-18-13(7-5-10-16(18)20)14-8-6-12-21-19(14)22;1-20(2)15-9-5-8-14-13-7-3-4-11-17(13)22(18(14)15)19-16(20)10-6-12-21-19;;;/h5-12,14H,1-4H3;2*3-10,12H,1-2H3;;;/q3*-1;;;. The van der Waals surface area contributed by atoms with Gasteiger partial charge in [0.25, 0.3) is 0 Å². The molecule has 0 saturated carbocycles. The zero-order chi connectivity index (χ0) is 47.2. The Morgan fingerprint density at radius 1 is 0.361 bits per heavy atom. The van der Waals surface area contributed by atoms with E-state index in [1.165, 1.54) is 113 Å². The predicted octanol–water partition coefficient (Wildman–Crippen LogP) is 15.5. The van der Waals surface area contributed by atoms with Crippen LogP contribution in [0.25, 0.3) is 52.9 Å². The molecule has 4 aliphatic rings. The Morgan fingerprint density at radius 3 is 1.46 bits per heavy atom. The molecular weight excluding hydrogens is 1470 g/mol. The molecule has 9 heteroatoms. The van der Waals surface area contributed by atoms with Crippen LogP contribution in [0, 0.1) is 18.2 Å². The van der Waals surface area contributed by atoms with Gasteiger partial charge in [-0.25, -0.2) is 0 Å². The molecular formula is C63H51Ir3N3P3-3. The van der Waals surface area contributed by atoms with Gasteiger partial charge in [0.1, 0.15) is 0 Å². The van der Waals surface area contributed by atoms with E-state index in [1.54, 1.807) is 0 Å². The third-order valence-electron chi connectivity index (χ3n) is 15.9. The van der Waals surface area contributed by atoms with E-state index in [1.807, 2.05) is 36.8 Å². The molecule has 9 heterocycles. The maximum Gasteiger partial charge on any atom is 0.0925 e. The van der Waals surface area contributed by atoms with Crippen molar-refractivity contribution in [2.75, 3.05) is 0 Å². The number of hydrogen-bond acceptors (Lipinski definition) is 3. The second kappa shape index (κ2) is 18.5. The minimum absolute atomic E-state index is 0. The number of benzene rings is 6. The van der Waals surface area contributed by atoms with Crippen molar-refractivity contribution < 1.29 is 60.3 Å². The summed E-state index contributed by atoms with van der Waals surface area (Å²) in [5.74, 6) is 0. The normalized spacial score (nSPS) is 17.1. The van der Waals surface area contributed by atoms with Crippen LogP contribution in [0.2, 0.25) is 0 Å². The number of nitrogens with zero attached hydrogens (tertiary/aromatic N) is 3. The van der Waals surface area contributed by atoms with Crippen LogP contribution in [-0.4, -0.2) is 15.0 Å². The molecule has 3 radical (unpaired) electrons. The average Bonchev–Trinajstić information content (AvgIpc) is 3.89. The maximum absolute atomic E-state index is 4.90. The van der Waals surface area contributed by atoms with E-state index in [0.29, 0.717) is 0 Å². The Morgan fingerprint density at radius 2 is 0.778 bits per heavy atom. The first kappa shape index (κ1) is 51.2. The van der Waals surface area contributed by atoms with Gasteiger partial charge in [-0.3, -0.25) is 15.0 Å². The topological polar surface area (TPSA) is 38.7 Å². The van der Waals surface area contributed by atoms with Gasteiger partial charge in [-0.1, -0.05) is 149 Å². The first-order chi connectivity index (χ1) is 33.3. The summed E-state index contributed by atoms with van der Waals surface area (Å²) in [6.07, 6.45) is 5.81. The quantitative estimate of drug-likeness (QED) is 0.112. The van der Waals surface area contributed by atoms with Crippen molar-refractivity contribution in [1.82, 2.24) is 15.0 Å². The molecule has 3 unspecified atom stereocenters. The molecule has 4 aliphatic heterocycles. The van der Waals surface area contributed by atoms with E-state index in [4.69, 9.17) is 15.0 Å². The third-order valence-corrected chi connectivity index (χ3v) is 23.5. The van der Waals surface area contributed by atoms with Gasteiger partial charge in [-0.2, -0.15) is 72.8 Å². The Hall–Kier alpha value is -4.25. The first-order valence-corrected chi connectivity index (χ1v) is 28.1. The number of hydrogen-bond donors (Lipinski definition) is 0. The third kappa shape index (κ3) is 7.19. The van der Waals surface area contributed by atoms with Crippen molar-refractivity contribution in [2.45, 2.75) is 77.0 Å². The van der Waals surface area contributed by atoms with Gasteiger partial charge < -0.3 is 0 Å². The maximum atomic E-state index is 4.90. The zero-order valence-electron chi connectivity index (χ0n) is 41.3. The Balaban J connectivity index is 0.000000122. The summed E-state index contributed by atoms with van der Waals surface area (Å²) in [4.78, 5) is 14.5. The minimum Gasteiger partial charge on any atom is -0.256 e. The number of aromatic nitrogens is 3. The summed E-state index contributed by atoms with van der Waals surface area (Å²) in [5.41, 5.74) is 14.0. The summed E-state index contributed by atoms with van der Waals surface area (Å²) in [6.45, 7) is 18.7. The van der Waals surface area contributed by atoms with E-state index in [2.05, 4.69) is 201 Å². The molecule has 0 fully saturated rings. The van der Waals surface area contributed by atoms with Gasteiger partial charge in [-0.05, 0) is 86.1 Å². The Kier molecular flexibility index (Phi) is 13.2. The van der Waals surface area contributed by atoms with Gasteiger partial charge in [0, 0.05) is 100 Å². The van der Waals surface area contributed by atoms with Gasteiger partial charge in [0.2, 0.25) is 0 Å². The summed E-state index contributed by atoms with van der Waals surface area (Å²) in [6, 6.07) is 63.3. The van der Waals surface area contributed by atoms with Crippen LogP contribution in [-0.2, 0) is 82.0 Å². The molecule has 0 aliphatic carbocycles. The van der Waals surface area contributed by atoms with E-state index in [9.17, 15) is 0 Å². The number of rotatable bonds is 0. The van der Waals surface area contributed by atoms with E-state index in [-0.39, 0.29) is 82.0 Å². The Labute approximate surface area is 467 Å². The molecule has 3 nitrogen and oxygen atoms in total. The summed E-state index contributed by atoms with van der Waals surface area (Å²) < 4.78 is 0. The fraction of sp³-hybridized carbons (Fsp3) is 0.190. The molecule has 6 aromatic carbocycles. The molecule has 0 N–H and O–H groups in total. The van der Waals surface area contributed by atoms with Crippen molar-refractivity contribution in [2.24, 2.45) is 0 Å². The van der Waals surface area contributed by atoms with E-state index in [0.717, 1.165) is 0 Å². The summed E-state index contributed by atoms with van der Waals surface area (Å²) in [5, 5.41) is 15.3. The molecule has 5 aromatic heterocycles. The molecule has 0 spiro atoms. The van der Waals surface area contributed by atoms with E-state index >= 15 is 0 Å². The van der Waals surface area contributed by atoms with Crippen molar-refractivity contribution in [3.8, 4) is 10.7 Å². The van der Waals surface area contributed by atoms with Crippen molar-refractivity contribution in [3.05, 3.63) is 227 Å². The number of fused-ring (bicyclic) bond motifs is 14. The van der Waals surface area contributed by atoms with Crippen molar-refractivity contribution in [1.29, 1.82) is 0 Å². The van der Waals surface area contributed by atoms with Crippen molar-refractivity contribution in [3.63, 3.8) is 0 Å². The molecule has 11 aromatic rings. The number of pyridine rings is 3. The minimum atomic E-state index is -0.635. The predicted molar refractivity (Wildman–Crippen MR) is 295 cm³/mol. The summed E-state index contributed by atoms with van der Waals surface area (Å²) in [7, 11) is -1.73. The Bertz CT molecular complexity index is 3710. The van der Waals surface area contributed by atoms with Crippen molar-refractivity contribution >= 4 is 81.2 Å². The smallest absolute Gasteiger partial charge is 0.0925 e. The fourth-order valence-electron chi connectivity index (χ4n) is 12.3. The molecule has 72 heavy (non-hydrogen) atoms. The monoisotopic (exact) mass is 1520 g/mol. The van der Waals surface area contributed by atoms with E-state index < -0.39 is 23.0 Å². The van der Waals surface area contributed by atoms with Gasteiger partial charge in [-0.15, -0.1) is 32.2 Å². The van der Waals surface area contributed by atoms with Gasteiger partial charge in [0.05, 0.1) is 16.1 Å². The first-order valence-electron chi connectivity index (χ1n) is 24.0. The average molecular weight is 1520 g/mol. The zero-order valence-corrected chi connectivity index (χ0v) is 51.1. The molecule has 0 saturated heterocycles. The van der Waals surface area contributed by atoms with Crippen LogP contribution < -0.4 is 16.0 Å². The molecule has 0 bridgehead atoms. The van der Waals surface area contributed by atoms with Crippen LogP contribution >= 0.6 is 23.0 Å². The van der Waals surface area contributed by atoms with Crippen LogP contribution in [0.15, 0.2) is 164 Å². The largest absolute Gasteiger partial charge is 0.256 e. The van der Waals surface area contributed by atoms with Crippen LogP contribution in [0.3, 0.4) is 0 Å².